The van der Waals surface area contributed by atoms with E-state index in [0.29, 0.717) is 6.61 Å². The molecule has 0 spiro atoms. The van der Waals surface area contributed by atoms with Crippen LogP contribution in [0.1, 0.15) is 11.5 Å². The molecule has 0 radical (unpaired) electrons. The van der Waals surface area contributed by atoms with Crippen LogP contribution in [0.5, 0.6) is 0 Å². The van der Waals surface area contributed by atoms with Crippen molar-refractivity contribution in [1.29, 1.82) is 0 Å². The fraction of sp³-hybridized carbons (Fsp3) is 0.700. The van der Waals surface area contributed by atoms with Gasteiger partial charge in [-0.3, -0.25) is 0 Å². The smallest absolute Gasteiger partial charge is 0.103 e. The van der Waals surface area contributed by atoms with E-state index in [1.54, 1.807) is 14.2 Å². The van der Waals surface area contributed by atoms with Gasteiger partial charge < -0.3 is 19.8 Å². The van der Waals surface area contributed by atoms with Crippen molar-refractivity contribution in [1.82, 2.24) is 15.3 Å². The molecule has 0 saturated heterocycles. The fourth-order valence-electron chi connectivity index (χ4n) is 1.33. The molecule has 5 nitrogen and oxygen atoms in total. The Labute approximate surface area is 90.2 Å². The molecule has 0 fully saturated rings. The Hall–Kier alpha value is -0.910. The summed E-state index contributed by atoms with van der Waals surface area (Å²) < 4.78 is 10.2. The molecule has 1 rings (SSSR count). The van der Waals surface area contributed by atoms with E-state index in [2.05, 4.69) is 15.3 Å². The number of methoxy groups -OCH3 is 2. The van der Waals surface area contributed by atoms with Crippen LogP contribution in [-0.2, 0) is 16.0 Å². The second kappa shape index (κ2) is 6.55. The molecule has 1 aromatic rings. The maximum atomic E-state index is 5.22. The van der Waals surface area contributed by atoms with Gasteiger partial charge in [0.05, 0.1) is 12.7 Å². The average molecular weight is 213 g/mol. The standard InChI is InChI=1S/C10H19N3O2/c1-8-12-5-9(13-8)4-11-6-10(15-3)7-14-2/h5,10-11H,4,6-7H2,1-3H3,(H,12,13). The molecule has 86 valence electrons. The van der Waals surface area contributed by atoms with E-state index >= 15 is 0 Å². The Morgan fingerprint density at radius 3 is 2.87 bits per heavy atom. The van der Waals surface area contributed by atoms with E-state index in [4.69, 9.17) is 9.47 Å². The largest absolute Gasteiger partial charge is 0.382 e. The van der Waals surface area contributed by atoms with Gasteiger partial charge in [0.1, 0.15) is 5.82 Å². The molecule has 1 atom stereocenters. The van der Waals surface area contributed by atoms with Crippen molar-refractivity contribution in [3.63, 3.8) is 0 Å². The van der Waals surface area contributed by atoms with Crippen molar-refractivity contribution < 1.29 is 9.47 Å². The lowest BCUT2D eigenvalue weighted by Gasteiger charge is -2.14. The molecular weight excluding hydrogens is 194 g/mol. The van der Waals surface area contributed by atoms with Crippen molar-refractivity contribution in [3.8, 4) is 0 Å². The zero-order valence-corrected chi connectivity index (χ0v) is 9.54. The molecule has 0 saturated carbocycles. The topological polar surface area (TPSA) is 59.2 Å². The molecule has 0 aromatic carbocycles. The molecule has 1 heterocycles. The second-order valence-corrected chi connectivity index (χ2v) is 3.44. The van der Waals surface area contributed by atoms with Crippen LogP contribution < -0.4 is 5.32 Å². The van der Waals surface area contributed by atoms with E-state index in [9.17, 15) is 0 Å². The molecule has 0 amide bonds. The highest BCUT2D eigenvalue weighted by atomic mass is 16.5. The number of H-pyrrole nitrogens is 1. The number of aromatic amines is 1. The molecule has 0 aliphatic carbocycles. The van der Waals surface area contributed by atoms with Gasteiger partial charge in [-0.2, -0.15) is 0 Å². The first kappa shape index (κ1) is 12.2. The van der Waals surface area contributed by atoms with E-state index in [0.717, 1.165) is 24.6 Å². The van der Waals surface area contributed by atoms with Crippen molar-refractivity contribution >= 4 is 0 Å². The number of aromatic nitrogens is 2. The summed E-state index contributed by atoms with van der Waals surface area (Å²) in [6, 6.07) is 0. The number of nitrogens with zero attached hydrogens (tertiary/aromatic N) is 1. The highest BCUT2D eigenvalue weighted by molar-refractivity contribution is 4.99. The van der Waals surface area contributed by atoms with Gasteiger partial charge in [0, 0.05) is 39.2 Å². The maximum Gasteiger partial charge on any atom is 0.103 e. The third kappa shape index (κ3) is 4.42. The molecule has 0 aliphatic heterocycles. The number of nitrogens with one attached hydrogen (secondary N) is 2. The third-order valence-corrected chi connectivity index (χ3v) is 2.13. The molecule has 5 heteroatoms. The highest BCUT2D eigenvalue weighted by Crippen LogP contribution is 1.95. The van der Waals surface area contributed by atoms with E-state index < -0.39 is 0 Å². The lowest BCUT2D eigenvalue weighted by Crippen LogP contribution is -2.31. The van der Waals surface area contributed by atoms with Crippen LogP contribution in [-0.4, -0.2) is 43.4 Å². The van der Waals surface area contributed by atoms with E-state index in [1.165, 1.54) is 0 Å². The highest BCUT2D eigenvalue weighted by Gasteiger charge is 2.05. The van der Waals surface area contributed by atoms with Crippen molar-refractivity contribution in [2.45, 2.75) is 19.6 Å². The molecule has 1 aromatic heterocycles. The van der Waals surface area contributed by atoms with Gasteiger partial charge >= 0.3 is 0 Å². The van der Waals surface area contributed by atoms with Crippen molar-refractivity contribution in [3.05, 3.63) is 17.7 Å². The van der Waals surface area contributed by atoms with Gasteiger partial charge in [-0.1, -0.05) is 0 Å². The zero-order chi connectivity index (χ0) is 11.1. The summed E-state index contributed by atoms with van der Waals surface area (Å²) >= 11 is 0. The number of imidazole rings is 1. The SMILES string of the molecule is COCC(CNCc1cnc(C)[nH]1)OC. The molecule has 0 bridgehead atoms. The summed E-state index contributed by atoms with van der Waals surface area (Å²) in [7, 11) is 3.36. The summed E-state index contributed by atoms with van der Waals surface area (Å²) in [5.74, 6) is 0.937. The second-order valence-electron chi connectivity index (χ2n) is 3.44. The fourth-order valence-corrected chi connectivity index (χ4v) is 1.33. The van der Waals surface area contributed by atoms with Crippen LogP contribution in [0.3, 0.4) is 0 Å². The summed E-state index contributed by atoms with van der Waals surface area (Å²) in [4.78, 5) is 7.27. The first-order valence-corrected chi connectivity index (χ1v) is 4.99. The summed E-state index contributed by atoms with van der Waals surface area (Å²) in [6.07, 6.45) is 1.93. The van der Waals surface area contributed by atoms with Gasteiger partial charge in [-0.25, -0.2) is 4.98 Å². The van der Waals surface area contributed by atoms with Crippen LogP contribution >= 0.6 is 0 Å². The predicted octanol–water partition coefficient (Wildman–Crippen LogP) is 0.469. The van der Waals surface area contributed by atoms with Gasteiger partial charge in [-0.15, -0.1) is 0 Å². The molecular formula is C10H19N3O2. The van der Waals surface area contributed by atoms with Crippen LogP contribution in [0.4, 0.5) is 0 Å². The van der Waals surface area contributed by atoms with E-state index in [1.807, 2.05) is 13.1 Å². The Kier molecular flexibility index (Phi) is 5.31. The zero-order valence-electron chi connectivity index (χ0n) is 9.54. The first-order chi connectivity index (χ1) is 7.26. The lowest BCUT2D eigenvalue weighted by atomic mass is 10.3. The quantitative estimate of drug-likeness (QED) is 0.691. The number of ether oxygens (including phenoxy) is 2. The minimum Gasteiger partial charge on any atom is -0.382 e. The molecule has 15 heavy (non-hydrogen) atoms. The van der Waals surface area contributed by atoms with Crippen LogP contribution in [0, 0.1) is 6.92 Å². The third-order valence-electron chi connectivity index (χ3n) is 2.13. The molecule has 1 unspecified atom stereocenters. The lowest BCUT2D eigenvalue weighted by molar-refractivity contribution is 0.0287. The van der Waals surface area contributed by atoms with Gasteiger partial charge in [-0.05, 0) is 6.92 Å². The number of rotatable bonds is 7. The predicted molar refractivity (Wildman–Crippen MR) is 57.7 cm³/mol. The maximum absolute atomic E-state index is 5.22. The number of hydrogen-bond donors (Lipinski definition) is 2. The van der Waals surface area contributed by atoms with Crippen molar-refractivity contribution in [2.75, 3.05) is 27.4 Å². The first-order valence-electron chi connectivity index (χ1n) is 4.99. The molecule has 2 N–H and O–H groups in total. The number of aryl methyl sites for hydroxylation is 1. The Morgan fingerprint density at radius 2 is 2.33 bits per heavy atom. The Morgan fingerprint density at radius 1 is 1.53 bits per heavy atom. The normalized spacial score (nSPS) is 13.0. The van der Waals surface area contributed by atoms with Gasteiger partial charge in [0.15, 0.2) is 0 Å². The van der Waals surface area contributed by atoms with Gasteiger partial charge in [0.25, 0.3) is 0 Å². The minimum atomic E-state index is 0.0963. The summed E-state index contributed by atoms with van der Waals surface area (Å²) in [5, 5.41) is 3.27. The van der Waals surface area contributed by atoms with Crippen LogP contribution in [0.25, 0.3) is 0 Å². The Bertz CT molecular complexity index is 275. The minimum absolute atomic E-state index is 0.0963. The number of hydrogen-bond acceptors (Lipinski definition) is 4. The van der Waals surface area contributed by atoms with Gasteiger partial charge in [0.2, 0.25) is 0 Å². The monoisotopic (exact) mass is 213 g/mol. The Balaban J connectivity index is 2.20. The molecule has 0 aliphatic rings. The summed E-state index contributed by atoms with van der Waals surface area (Å²) in [5.41, 5.74) is 1.08. The van der Waals surface area contributed by atoms with Crippen molar-refractivity contribution in [2.24, 2.45) is 0 Å². The summed E-state index contributed by atoms with van der Waals surface area (Å²) in [6.45, 7) is 4.07. The van der Waals surface area contributed by atoms with Crippen LogP contribution in [0.15, 0.2) is 6.20 Å². The van der Waals surface area contributed by atoms with E-state index in [-0.39, 0.29) is 6.10 Å². The average Bonchev–Trinajstić information content (AvgIpc) is 2.63. The van der Waals surface area contributed by atoms with Crippen LogP contribution in [0.2, 0.25) is 0 Å².